The molecule has 3 heterocycles. The third-order valence-electron chi connectivity index (χ3n) is 4.28. The molecule has 1 atom stereocenters. The number of halogens is 1. The number of hydrogen-bond donors (Lipinski definition) is 2. The van der Waals surface area contributed by atoms with Gasteiger partial charge >= 0.3 is 0 Å². The Morgan fingerprint density at radius 1 is 1.43 bits per heavy atom. The Bertz CT molecular complexity index is 689. The number of aliphatic hydroxyl groups excluding tert-OH is 1. The van der Waals surface area contributed by atoms with Crippen LogP contribution >= 0.6 is 11.6 Å². The molecule has 0 radical (unpaired) electrons. The Hall–Kier alpha value is -1.47. The summed E-state index contributed by atoms with van der Waals surface area (Å²) in [5, 5.41) is 11.1. The van der Waals surface area contributed by atoms with E-state index in [9.17, 15) is 5.11 Å². The molecule has 0 aromatic carbocycles. The Morgan fingerprint density at radius 2 is 2.17 bits per heavy atom. The van der Waals surface area contributed by atoms with Crippen molar-refractivity contribution in [3.63, 3.8) is 0 Å². The summed E-state index contributed by atoms with van der Waals surface area (Å²) in [6.45, 7) is 2.27. The minimum atomic E-state index is -0.734. The Morgan fingerprint density at radius 3 is 2.87 bits per heavy atom. The Balaban J connectivity index is 1.89. The van der Waals surface area contributed by atoms with Crippen LogP contribution in [0.4, 0.5) is 0 Å². The van der Waals surface area contributed by atoms with E-state index in [-0.39, 0.29) is 6.04 Å². The van der Waals surface area contributed by atoms with Crippen LogP contribution in [0.3, 0.4) is 0 Å². The molecule has 2 aromatic heterocycles. The van der Waals surface area contributed by atoms with Crippen LogP contribution in [-0.4, -0.2) is 52.8 Å². The Kier molecular flexibility index (Phi) is 4.96. The van der Waals surface area contributed by atoms with Gasteiger partial charge < -0.3 is 20.5 Å². The predicted molar refractivity (Wildman–Crippen MR) is 89.7 cm³/mol. The number of piperidine rings is 1. The number of β-amino-alcohol motifs (C(OH)–C–C–N with tert-alkyl or cyclic N) is 1. The van der Waals surface area contributed by atoms with E-state index in [1.54, 1.807) is 19.4 Å². The molecule has 2 aromatic rings. The van der Waals surface area contributed by atoms with Crippen LogP contribution in [0.25, 0.3) is 11.0 Å². The fraction of sp³-hybridized carbons (Fsp3) is 0.500. The van der Waals surface area contributed by atoms with Crippen LogP contribution in [-0.2, 0) is 0 Å². The number of rotatable bonds is 4. The summed E-state index contributed by atoms with van der Waals surface area (Å²) in [6, 6.07) is 3.82. The van der Waals surface area contributed by atoms with Crippen molar-refractivity contribution < 1.29 is 9.84 Å². The van der Waals surface area contributed by atoms with E-state index in [2.05, 4.69) is 14.9 Å². The minimum Gasteiger partial charge on any atom is -0.481 e. The number of ether oxygens (including phenoxy) is 1. The monoisotopic (exact) mass is 336 g/mol. The first-order chi connectivity index (χ1) is 11.1. The van der Waals surface area contributed by atoms with E-state index in [0.29, 0.717) is 34.0 Å². The number of aromatic nitrogens is 2. The van der Waals surface area contributed by atoms with Crippen molar-refractivity contribution >= 4 is 22.6 Å². The zero-order valence-electron chi connectivity index (χ0n) is 13.1. The molecule has 23 heavy (non-hydrogen) atoms. The summed E-state index contributed by atoms with van der Waals surface area (Å²) in [6.07, 6.45) is 2.72. The van der Waals surface area contributed by atoms with Crippen molar-refractivity contribution in [1.29, 1.82) is 0 Å². The number of pyridine rings is 2. The smallest absolute Gasteiger partial charge is 0.213 e. The van der Waals surface area contributed by atoms with Gasteiger partial charge in [0.05, 0.1) is 23.8 Å². The van der Waals surface area contributed by atoms with Gasteiger partial charge in [0.1, 0.15) is 5.52 Å². The lowest BCUT2D eigenvalue weighted by molar-refractivity contribution is 0.0985. The van der Waals surface area contributed by atoms with Crippen LogP contribution in [0.15, 0.2) is 18.3 Å². The summed E-state index contributed by atoms with van der Waals surface area (Å²) < 4.78 is 5.17. The van der Waals surface area contributed by atoms with Crippen LogP contribution in [0.5, 0.6) is 5.88 Å². The van der Waals surface area contributed by atoms with E-state index in [1.165, 1.54) is 0 Å². The second-order valence-electron chi connectivity index (χ2n) is 5.89. The third kappa shape index (κ3) is 3.55. The summed E-state index contributed by atoms with van der Waals surface area (Å²) >= 11 is 6.29. The van der Waals surface area contributed by atoms with Gasteiger partial charge in [-0.15, -0.1) is 0 Å². The number of nitrogens with zero attached hydrogens (tertiary/aromatic N) is 3. The van der Waals surface area contributed by atoms with Crippen molar-refractivity contribution in [2.45, 2.75) is 25.0 Å². The molecule has 0 amide bonds. The molecule has 6 nitrogen and oxygen atoms in total. The maximum Gasteiger partial charge on any atom is 0.213 e. The molecule has 3 N–H and O–H groups in total. The summed E-state index contributed by atoms with van der Waals surface area (Å²) in [4.78, 5) is 10.9. The maximum atomic E-state index is 10.7. The largest absolute Gasteiger partial charge is 0.481 e. The molecule has 3 rings (SSSR count). The molecule has 1 unspecified atom stereocenters. The number of fused-ring (bicyclic) bond motifs is 1. The quantitative estimate of drug-likeness (QED) is 0.884. The summed E-state index contributed by atoms with van der Waals surface area (Å²) in [5.41, 5.74) is 7.80. The topological polar surface area (TPSA) is 84.5 Å². The first-order valence-electron chi connectivity index (χ1n) is 7.73. The van der Waals surface area contributed by atoms with Gasteiger partial charge in [-0.25, -0.2) is 4.98 Å². The molecule has 1 fully saturated rings. The van der Waals surface area contributed by atoms with Crippen LogP contribution in [0.1, 0.15) is 24.5 Å². The highest BCUT2D eigenvalue weighted by atomic mass is 35.5. The standard InChI is InChI=1S/C16H21ClN4O2/c1-23-14-3-2-12-16(20-14)15(11(17)8-19-12)13(22)9-21-6-4-10(18)5-7-21/h2-3,8,10,13,22H,4-7,9,18H2,1H3. The zero-order chi connectivity index (χ0) is 16.4. The first-order valence-corrected chi connectivity index (χ1v) is 8.11. The SMILES string of the molecule is COc1ccc2ncc(Cl)c(C(O)CN3CCC(N)CC3)c2n1. The van der Waals surface area contributed by atoms with Gasteiger partial charge in [-0.3, -0.25) is 4.98 Å². The number of aliphatic hydroxyl groups is 1. The van der Waals surface area contributed by atoms with Crippen molar-refractivity contribution in [2.24, 2.45) is 5.73 Å². The first kappa shape index (κ1) is 16.4. The lowest BCUT2D eigenvalue weighted by Crippen LogP contribution is -2.41. The number of methoxy groups -OCH3 is 1. The second kappa shape index (κ2) is 6.97. The van der Waals surface area contributed by atoms with Gasteiger partial charge in [-0.2, -0.15) is 0 Å². The summed E-state index contributed by atoms with van der Waals surface area (Å²) in [5.74, 6) is 0.471. The lowest BCUT2D eigenvalue weighted by atomic mass is 10.0. The van der Waals surface area contributed by atoms with Gasteiger partial charge in [0.25, 0.3) is 0 Å². The number of nitrogens with two attached hydrogens (primary N) is 1. The fourth-order valence-electron chi connectivity index (χ4n) is 2.95. The fourth-order valence-corrected chi connectivity index (χ4v) is 3.21. The molecule has 0 aliphatic carbocycles. The van der Waals surface area contributed by atoms with Crippen molar-refractivity contribution in [2.75, 3.05) is 26.7 Å². The van der Waals surface area contributed by atoms with Gasteiger partial charge in [0.15, 0.2) is 0 Å². The van der Waals surface area contributed by atoms with E-state index in [1.807, 2.05) is 6.07 Å². The predicted octanol–water partition coefficient (Wildman–Crippen LogP) is 1.75. The molecule has 124 valence electrons. The van der Waals surface area contributed by atoms with E-state index in [0.717, 1.165) is 25.9 Å². The van der Waals surface area contributed by atoms with Gasteiger partial charge in [0, 0.05) is 30.4 Å². The highest BCUT2D eigenvalue weighted by Crippen LogP contribution is 2.30. The molecule has 7 heteroatoms. The van der Waals surface area contributed by atoms with Crippen LogP contribution in [0, 0.1) is 0 Å². The van der Waals surface area contributed by atoms with E-state index >= 15 is 0 Å². The molecule has 0 bridgehead atoms. The summed E-state index contributed by atoms with van der Waals surface area (Å²) in [7, 11) is 1.55. The highest BCUT2D eigenvalue weighted by Gasteiger charge is 2.23. The van der Waals surface area contributed by atoms with Gasteiger partial charge in [-0.1, -0.05) is 11.6 Å². The number of likely N-dealkylation sites (tertiary alicyclic amines) is 1. The van der Waals surface area contributed by atoms with Crippen LogP contribution < -0.4 is 10.5 Å². The minimum absolute atomic E-state index is 0.264. The second-order valence-corrected chi connectivity index (χ2v) is 6.30. The average molecular weight is 337 g/mol. The van der Waals surface area contributed by atoms with Crippen LogP contribution in [0.2, 0.25) is 5.02 Å². The number of hydrogen-bond acceptors (Lipinski definition) is 6. The molecule has 1 aliphatic rings. The van der Waals surface area contributed by atoms with Crippen molar-refractivity contribution in [3.8, 4) is 5.88 Å². The third-order valence-corrected chi connectivity index (χ3v) is 4.58. The maximum absolute atomic E-state index is 10.7. The normalized spacial score (nSPS) is 18.3. The van der Waals surface area contributed by atoms with Crippen molar-refractivity contribution in [3.05, 3.63) is 28.9 Å². The average Bonchev–Trinajstić information content (AvgIpc) is 2.56. The molecule has 1 aliphatic heterocycles. The molecule has 0 spiro atoms. The van der Waals surface area contributed by atoms with E-state index < -0.39 is 6.10 Å². The van der Waals surface area contributed by atoms with Crippen molar-refractivity contribution in [1.82, 2.24) is 14.9 Å². The van der Waals surface area contributed by atoms with E-state index in [4.69, 9.17) is 22.1 Å². The Labute approximate surface area is 140 Å². The molecule has 0 saturated carbocycles. The molecule has 1 saturated heterocycles. The molecular formula is C16H21ClN4O2. The molecular weight excluding hydrogens is 316 g/mol. The lowest BCUT2D eigenvalue weighted by Gasteiger charge is -2.31. The van der Waals surface area contributed by atoms with Gasteiger partial charge in [0.2, 0.25) is 5.88 Å². The zero-order valence-corrected chi connectivity index (χ0v) is 13.8. The van der Waals surface area contributed by atoms with Gasteiger partial charge in [-0.05, 0) is 32.0 Å². The highest BCUT2D eigenvalue weighted by molar-refractivity contribution is 6.32.